The van der Waals surface area contributed by atoms with E-state index in [9.17, 15) is 4.79 Å². The van der Waals surface area contributed by atoms with Gasteiger partial charge >= 0.3 is 0 Å². The fraction of sp³-hybridized carbons (Fsp3) is 0.125. The number of aromatic nitrogens is 2. The normalized spacial score (nSPS) is 10.3. The Hall–Kier alpha value is -2.42. The van der Waals surface area contributed by atoms with E-state index in [1.54, 1.807) is 17.0 Å². The molecule has 1 aromatic carbocycles. The monoisotopic (exact) mass is 296 g/mol. The number of rotatable bonds is 2. The van der Waals surface area contributed by atoms with Gasteiger partial charge in [0.2, 0.25) is 0 Å². The number of nitrogens with zero attached hydrogens (tertiary/aromatic N) is 2. The summed E-state index contributed by atoms with van der Waals surface area (Å²) in [5.74, 6) is 5.52. The third kappa shape index (κ3) is 2.72. The first-order chi connectivity index (χ1) is 10.3. The second-order valence-corrected chi connectivity index (χ2v) is 5.41. The van der Waals surface area contributed by atoms with Gasteiger partial charge in [0, 0.05) is 10.4 Å². The molecule has 0 saturated heterocycles. The SMILES string of the molecule is O=c1c2ccccc2ncn1Cc1sccc1C#CCO. The standard InChI is InChI=1S/C16H12N2O2S/c19-8-3-4-12-7-9-21-15(12)10-18-11-17-14-6-2-1-5-13(14)16(18)20/h1-2,5-7,9,11,19H,8,10H2. The maximum atomic E-state index is 12.4. The van der Waals surface area contributed by atoms with E-state index in [0.717, 1.165) is 10.4 Å². The Labute approximate surface area is 125 Å². The lowest BCUT2D eigenvalue weighted by Gasteiger charge is -2.05. The van der Waals surface area contributed by atoms with E-state index >= 15 is 0 Å². The molecule has 0 aliphatic carbocycles. The molecule has 0 saturated carbocycles. The molecule has 3 aromatic rings. The highest BCUT2D eigenvalue weighted by molar-refractivity contribution is 7.10. The van der Waals surface area contributed by atoms with Gasteiger partial charge < -0.3 is 5.11 Å². The predicted octanol–water partition coefficient (Wildman–Crippen LogP) is 1.85. The number of benzene rings is 1. The molecule has 0 aliphatic heterocycles. The number of aliphatic hydroxyl groups excluding tert-OH is 1. The zero-order valence-electron chi connectivity index (χ0n) is 11.1. The summed E-state index contributed by atoms with van der Waals surface area (Å²) < 4.78 is 1.58. The second kappa shape index (κ2) is 5.92. The second-order valence-electron chi connectivity index (χ2n) is 4.41. The molecule has 0 aliphatic rings. The van der Waals surface area contributed by atoms with Crippen LogP contribution in [0.4, 0.5) is 0 Å². The molecule has 0 bridgehead atoms. The number of hydrogen-bond donors (Lipinski definition) is 1. The smallest absolute Gasteiger partial charge is 0.261 e. The number of hydrogen-bond acceptors (Lipinski definition) is 4. The minimum absolute atomic E-state index is 0.0601. The minimum Gasteiger partial charge on any atom is -0.384 e. The van der Waals surface area contributed by atoms with Gasteiger partial charge in [-0.15, -0.1) is 11.3 Å². The Balaban J connectivity index is 2.01. The molecule has 1 N–H and O–H groups in total. The van der Waals surface area contributed by atoms with Crippen molar-refractivity contribution in [3.8, 4) is 11.8 Å². The summed E-state index contributed by atoms with van der Waals surface area (Å²) in [5, 5.41) is 11.3. The van der Waals surface area contributed by atoms with Crippen molar-refractivity contribution in [2.75, 3.05) is 6.61 Å². The lowest BCUT2D eigenvalue weighted by Crippen LogP contribution is -2.21. The molecular formula is C16H12N2O2S. The fourth-order valence-corrected chi connectivity index (χ4v) is 2.91. The summed E-state index contributed by atoms with van der Waals surface area (Å²) in [5.41, 5.74) is 1.48. The third-order valence-corrected chi connectivity index (χ3v) is 4.00. The van der Waals surface area contributed by atoms with E-state index < -0.39 is 0 Å². The Bertz CT molecular complexity index is 900. The molecule has 0 fully saturated rings. The van der Waals surface area contributed by atoms with Crippen LogP contribution in [0.5, 0.6) is 0 Å². The Morgan fingerprint density at radius 2 is 2.14 bits per heavy atom. The maximum absolute atomic E-state index is 12.4. The molecule has 21 heavy (non-hydrogen) atoms. The van der Waals surface area contributed by atoms with Crippen molar-refractivity contribution in [2.24, 2.45) is 0 Å². The summed E-state index contributed by atoms with van der Waals surface area (Å²) in [7, 11) is 0. The van der Waals surface area contributed by atoms with Gasteiger partial charge in [-0.2, -0.15) is 0 Å². The molecule has 2 heterocycles. The molecule has 3 rings (SSSR count). The molecular weight excluding hydrogens is 284 g/mol. The molecule has 0 spiro atoms. The van der Waals surface area contributed by atoms with E-state index in [4.69, 9.17) is 5.11 Å². The summed E-state index contributed by atoms with van der Waals surface area (Å²) >= 11 is 1.54. The number of aliphatic hydroxyl groups is 1. The number of fused-ring (bicyclic) bond motifs is 1. The summed E-state index contributed by atoms with van der Waals surface area (Å²) in [6.45, 7) is 0.260. The number of thiophene rings is 1. The topological polar surface area (TPSA) is 55.1 Å². The Morgan fingerprint density at radius 3 is 3.00 bits per heavy atom. The zero-order chi connectivity index (χ0) is 14.7. The van der Waals surface area contributed by atoms with Crippen molar-refractivity contribution in [3.63, 3.8) is 0 Å². The van der Waals surface area contributed by atoms with Crippen LogP contribution in [0.3, 0.4) is 0 Å². The quantitative estimate of drug-likeness (QED) is 0.734. The summed E-state index contributed by atoms with van der Waals surface area (Å²) in [6, 6.07) is 9.19. The van der Waals surface area contributed by atoms with Crippen LogP contribution < -0.4 is 5.56 Å². The van der Waals surface area contributed by atoms with Gasteiger partial charge in [0.15, 0.2) is 0 Å². The average molecular weight is 296 g/mol. The van der Waals surface area contributed by atoms with Crippen LogP contribution in [0.2, 0.25) is 0 Å². The lowest BCUT2D eigenvalue weighted by atomic mass is 10.2. The Morgan fingerprint density at radius 1 is 1.29 bits per heavy atom. The van der Waals surface area contributed by atoms with E-state index in [2.05, 4.69) is 16.8 Å². The maximum Gasteiger partial charge on any atom is 0.261 e. The molecule has 0 atom stereocenters. The first kappa shape index (κ1) is 13.6. The van der Waals surface area contributed by atoms with Crippen molar-refractivity contribution >= 4 is 22.2 Å². The molecule has 0 radical (unpaired) electrons. The van der Waals surface area contributed by atoms with Gasteiger partial charge in [-0.25, -0.2) is 4.98 Å². The summed E-state index contributed by atoms with van der Waals surface area (Å²) in [4.78, 5) is 17.7. The van der Waals surface area contributed by atoms with Crippen LogP contribution in [0.25, 0.3) is 10.9 Å². The largest absolute Gasteiger partial charge is 0.384 e. The van der Waals surface area contributed by atoms with E-state index in [0.29, 0.717) is 17.4 Å². The van der Waals surface area contributed by atoms with Gasteiger partial charge in [-0.05, 0) is 23.6 Å². The molecule has 0 amide bonds. The summed E-state index contributed by atoms with van der Waals surface area (Å²) in [6.07, 6.45) is 1.56. The molecule has 4 nitrogen and oxygen atoms in total. The van der Waals surface area contributed by atoms with Crippen molar-refractivity contribution in [2.45, 2.75) is 6.54 Å². The van der Waals surface area contributed by atoms with Crippen molar-refractivity contribution < 1.29 is 5.11 Å². The van der Waals surface area contributed by atoms with Crippen LogP contribution in [-0.2, 0) is 6.54 Å². The van der Waals surface area contributed by atoms with Crippen LogP contribution in [0.15, 0.2) is 46.8 Å². The van der Waals surface area contributed by atoms with Crippen LogP contribution >= 0.6 is 11.3 Å². The van der Waals surface area contributed by atoms with Crippen molar-refractivity contribution in [3.05, 3.63) is 62.8 Å². The predicted molar refractivity (Wildman–Crippen MR) is 83.4 cm³/mol. The average Bonchev–Trinajstić information content (AvgIpc) is 2.95. The van der Waals surface area contributed by atoms with Gasteiger partial charge in [0.1, 0.15) is 6.61 Å². The highest BCUT2D eigenvalue weighted by Gasteiger charge is 2.07. The Kier molecular flexibility index (Phi) is 3.82. The third-order valence-electron chi connectivity index (χ3n) is 3.09. The minimum atomic E-state index is -0.174. The van der Waals surface area contributed by atoms with E-state index in [1.165, 1.54) is 11.3 Å². The highest BCUT2D eigenvalue weighted by Crippen LogP contribution is 2.17. The van der Waals surface area contributed by atoms with Gasteiger partial charge in [-0.3, -0.25) is 9.36 Å². The molecule has 2 aromatic heterocycles. The van der Waals surface area contributed by atoms with Crippen LogP contribution in [0.1, 0.15) is 10.4 Å². The first-order valence-corrected chi connectivity index (χ1v) is 7.28. The van der Waals surface area contributed by atoms with E-state index in [-0.39, 0.29) is 12.2 Å². The zero-order valence-corrected chi connectivity index (χ0v) is 11.9. The number of para-hydroxylation sites is 1. The van der Waals surface area contributed by atoms with Crippen LogP contribution in [0, 0.1) is 11.8 Å². The van der Waals surface area contributed by atoms with Gasteiger partial charge in [0.05, 0.1) is 23.8 Å². The van der Waals surface area contributed by atoms with E-state index in [1.807, 2.05) is 29.6 Å². The van der Waals surface area contributed by atoms with Gasteiger partial charge in [-0.1, -0.05) is 24.0 Å². The van der Waals surface area contributed by atoms with Crippen molar-refractivity contribution in [1.29, 1.82) is 0 Å². The highest BCUT2D eigenvalue weighted by atomic mass is 32.1. The molecule has 104 valence electrons. The fourth-order valence-electron chi connectivity index (χ4n) is 2.08. The molecule has 5 heteroatoms. The van der Waals surface area contributed by atoms with Crippen LogP contribution in [-0.4, -0.2) is 21.3 Å². The first-order valence-electron chi connectivity index (χ1n) is 6.40. The van der Waals surface area contributed by atoms with Gasteiger partial charge in [0.25, 0.3) is 5.56 Å². The molecule has 0 unspecified atom stereocenters. The van der Waals surface area contributed by atoms with Crippen molar-refractivity contribution in [1.82, 2.24) is 9.55 Å². The lowest BCUT2D eigenvalue weighted by molar-refractivity contribution is 0.350.